The monoisotopic (exact) mass is 358 g/mol. The van der Waals surface area contributed by atoms with E-state index in [0.29, 0.717) is 16.5 Å². The Hall–Kier alpha value is -0.700. The molecule has 0 bridgehead atoms. The molecule has 1 aromatic carbocycles. The van der Waals surface area contributed by atoms with Crippen molar-refractivity contribution >= 4 is 15.9 Å². The first-order valence-electron chi connectivity index (χ1n) is 5.87. The van der Waals surface area contributed by atoms with Gasteiger partial charge < -0.3 is 4.74 Å². The number of hydrogen-bond acceptors (Lipinski definition) is 3. The highest BCUT2D eigenvalue weighted by Gasteiger charge is 2.27. The van der Waals surface area contributed by atoms with E-state index < -0.39 is 18.6 Å². The minimum absolute atomic E-state index is 0.0820. The minimum atomic E-state index is -4.34. The molecule has 0 aromatic heterocycles. The molecule has 3 N–H and O–H groups in total. The first-order chi connectivity index (χ1) is 9.33. The smallest absolute Gasteiger partial charge is 0.372 e. The second kappa shape index (κ2) is 7.92. The summed E-state index contributed by atoms with van der Waals surface area (Å²) in [7, 11) is 0. The van der Waals surface area contributed by atoms with E-state index in [4.69, 9.17) is 5.84 Å². The molecule has 0 aliphatic carbocycles. The van der Waals surface area contributed by atoms with Gasteiger partial charge in [-0.3, -0.25) is 11.3 Å². The number of alkyl halides is 3. The Labute approximate surface area is 122 Å². The summed E-state index contributed by atoms with van der Waals surface area (Å²) in [6.07, 6.45) is -3.67. The zero-order chi connectivity index (χ0) is 15.2. The second-order valence-corrected chi connectivity index (χ2v) is 5.03. The zero-order valence-electron chi connectivity index (χ0n) is 10.5. The van der Waals surface area contributed by atoms with Crippen LogP contribution in [0.15, 0.2) is 22.7 Å². The lowest BCUT2D eigenvalue weighted by molar-refractivity contribution is -0.174. The lowest BCUT2D eigenvalue weighted by Crippen LogP contribution is -2.38. The van der Waals surface area contributed by atoms with Crippen molar-refractivity contribution in [3.05, 3.63) is 34.1 Å². The van der Waals surface area contributed by atoms with Crippen LogP contribution in [0.5, 0.6) is 0 Å². The van der Waals surface area contributed by atoms with E-state index >= 15 is 0 Å². The van der Waals surface area contributed by atoms with Crippen LogP contribution < -0.4 is 11.3 Å². The number of benzene rings is 1. The third-order valence-corrected chi connectivity index (χ3v) is 3.50. The van der Waals surface area contributed by atoms with Crippen molar-refractivity contribution in [2.45, 2.75) is 25.1 Å². The molecule has 1 aromatic rings. The topological polar surface area (TPSA) is 47.3 Å². The number of rotatable bonds is 7. The van der Waals surface area contributed by atoms with Gasteiger partial charge in [0.25, 0.3) is 0 Å². The van der Waals surface area contributed by atoms with Crippen LogP contribution in [-0.4, -0.2) is 25.4 Å². The van der Waals surface area contributed by atoms with Gasteiger partial charge in [0, 0.05) is 12.6 Å². The fourth-order valence-electron chi connectivity index (χ4n) is 1.63. The first kappa shape index (κ1) is 17.4. The molecular formula is C12H15BrF4N2O. The highest BCUT2D eigenvalue weighted by molar-refractivity contribution is 9.10. The van der Waals surface area contributed by atoms with E-state index in [0.717, 1.165) is 0 Å². The van der Waals surface area contributed by atoms with E-state index in [2.05, 4.69) is 26.1 Å². The average Bonchev–Trinajstić information content (AvgIpc) is 2.37. The minimum Gasteiger partial charge on any atom is -0.372 e. The summed E-state index contributed by atoms with van der Waals surface area (Å²) in [5.41, 5.74) is 3.17. The molecule has 0 radical (unpaired) electrons. The first-order valence-corrected chi connectivity index (χ1v) is 6.66. The summed E-state index contributed by atoms with van der Waals surface area (Å²) in [5.74, 6) is 4.94. The molecule has 0 heterocycles. The van der Waals surface area contributed by atoms with Gasteiger partial charge in [0.05, 0.1) is 4.47 Å². The predicted molar refractivity (Wildman–Crippen MR) is 70.4 cm³/mol. The van der Waals surface area contributed by atoms with Crippen LogP contribution in [0.3, 0.4) is 0 Å². The van der Waals surface area contributed by atoms with Crippen molar-refractivity contribution < 1.29 is 22.3 Å². The molecule has 0 saturated carbocycles. The molecule has 1 atom stereocenters. The normalized spacial score (nSPS) is 13.5. The summed E-state index contributed by atoms with van der Waals surface area (Å²) in [6, 6.07) is 4.28. The highest BCUT2D eigenvalue weighted by atomic mass is 79.9. The van der Waals surface area contributed by atoms with E-state index in [9.17, 15) is 17.6 Å². The summed E-state index contributed by atoms with van der Waals surface area (Å²) < 4.78 is 53.8. The molecule has 114 valence electrons. The fraction of sp³-hybridized carbons (Fsp3) is 0.500. The molecule has 0 amide bonds. The van der Waals surface area contributed by atoms with E-state index in [-0.39, 0.29) is 19.1 Å². The van der Waals surface area contributed by atoms with Crippen LogP contribution in [0, 0.1) is 5.82 Å². The van der Waals surface area contributed by atoms with E-state index in [1.165, 1.54) is 6.07 Å². The second-order valence-electron chi connectivity index (χ2n) is 4.24. The Bertz CT molecular complexity index is 428. The maximum atomic E-state index is 13.3. The Kier molecular flexibility index (Phi) is 6.87. The number of ether oxygens (including phenoxy) is 1. The van der Waals surface area contributed by atoms with Gasteiger partial charge in [-0.2, -0.15) is 13.2 Å². The fourth-order valence-corrected chi connectivity index (χ4v) is 2.06. The summed E-state index contributed by atoms with van der Waals surface area (Å²) >= 11 is 3.12. The van der Waals surface area contributed by atoms with Crippen LogP contribution in [0.4, 0.5) is 17.6 Å². The summed E-state index contributed by atoms with van der Waals surface area (Å²) in [4.78, 5) is 0. The standard InChI is InChI=1S/C12H15BrF4N2O/c13-11-8(2-1-3-10(11)14)6-9(19-18)4-5-20-7-12(15,16)17/h1-3,9,19H,4-7,18H2. The van der Waals surface area contributed by atoms with Gasteiger partial charge in [0.15, 0.2) is 0 Å². The van der Waals surface area contributed by atoms with Crippen LogP contribution in [-0.2, 0) is 11.2 Å². The van der Waals surface area contributed by atoms with Crippen molar-refractivity contribution in [2.75, 3.05) is 13.2 Å². The lowest BCUT2D eigenvalue weighted by atomic mass is 10.0. The SMILES string of the molecule is NNC(CCOCC(F)(F)F)Cc1cccc(F)c1Br. The van der Waals surface area contributed by atoms with E-state index in [1.54, 1.807) is 12.1 Å². The van der Waals surface area contributed by atoms with Crippen molar-refractivity contribution in [1.29, 1.82) is 0 Å². The van der Waals surface area contributed by atoms with E-state index in [1.807, 2.05) is 0 Å². The number of nitrogens with one attached hydrogen (secondary N) is 1. The average molecular weight is 359 g/mol. The molecule has 0 aliphatic heterocycles. The molecule has 3 nitrogen and oxygen atoms in total. The molecule has 0 fully saturated rings. The molecular weight excluding hydrogens is 344 g/mol. The number of nitrogens with two attached hydrogens (primary N) is 1. The van der Waals surface area contributed by atoms with Crippen molar-refractivity contribution in [1.82, 2.24) is 5.43 Å². The largest absolute Gasteiger partial charge is 0.411 e. The van der Waals surface area contributed by atoms with Crippen molar-refractivity contribution in [2.24, 2.45) is 5.84 Å². The molecule has 0 aliphatic rings. The van der Waals surface area contributed by atoms with Crippen LogP contribution in [0.1, 0.15) is 12.0 Å². The number of hydrazine groups is 1. The summed E-state index contributed by atoms with van der Waals surface area (Å²) in [6.45, 7) is -1.37. The molecule has 1 unspecified atom stereocenters. The number of halogens is 5. The molecule has 20 heavy (non-hydrogen) atoms. The Morgan fingerprint density at radius 3 is 2.65 bits per heavy atom. The van der Waals surface area contributed by atoms with Crippen molar-refractivity contribution in [3.8, 4) is 0 Å². The molecule has 0 saturated heterocycles. The Balaban J connectivity index is 2.45. The van der Waals surface area contributed by atoms with Crippen LogP contribution in [0.2, 0.25) is 0 Å². The van der Waals surface area contributed by atoms with Gasteiger partial charge in [-0.05, 0) is 40.4 Å². The van der Waals surface area contributed by atoms with Gasteiger partial charge in [-0.15, -0.1) is 0 Å². The Morgan fingerprint density at radius 2 is 2.05 bits per heavy atom. The summed E-state index contributed by atoms with van der Waals surface area (Å²) in [5, 5.41) is 0. The maximum absolute atomic E-state index is 13.3. The van der Waals surface area contributed by atoms with Crippen LogP contribution in [0.25, 0.3) is 0 Å². The highest BCUT2D eigenvalue weighted by Crippen LogP contribution is 2.22. The predicted octanol–water partition coefficient (Wildman–Crippen LogP) is 2.93. The molecule has 8 heteroatoms. The lowest BCUT2D eigenvalue weighted by Gasteiger charge is -2.17. The third-order valence-electron chi connectivity index (χ3n) is 2.61. The molecule has 0 spiro atoms. The van der Waals surface area contributed by atoms with Gasteiger partial charge in [-0.25, -0.2) is 4.39 Å². The maximum Gasteiger partial charge on any atom is 0.411 e. The van der Waals surface area contributed by atoms with Crippen molar-refractivity contribution in [3.63, 3.8) is 0 Å². The van der Waals surface area contributed by atoms with Gasteiger partial charge in [-0.1, -0.05) is 12.1 Å². The van der Waals surface area contributed by atoms with Gasteiger partial charge in [0.2, 0.25) is 0 Å². The number of hydrogen-bond donors (Lipinski definition) is 2. The molecule has 1 rings (SSSR count). The van der Waals surface area contributed by atoms with Crippen LogP contribution >= 0.6 is 15.9 Å². The Morgan fingerprint density at radius 1 is 1.35 bits per heavy atom. The zero-order valence-corrected chi connectivity index (χ0v) is 12.1. The van der Waals surface area contributed by atoms with Gasteiger partial charge >= 0.3 is 6.18 Å². The quantitative estimate of drug-likeness (QED) is 0.341. The van der Waals surface area contributed by atoms with Gasteiger partial charge in [0.1, 0.15) is 12.4 Å². The third kappa shape index (κ3) is 6.17.